The summed E-state index contributed by atoms with van der Waals surface area (Å²) in [5.41, 5.74) is 1.42. The lowest BCUT2D eigenvalue weighted by molar-refractivity contribution is -0.759. The van der Waals surface area contributed by atoms with Gasteiger partial charge in [0.25, 0.3) is 12.1 Å². The van der Waals surface area contributed by atoms with Gasteiger partial charge in [0.05, 0.1) is 5.69 Å². The van der Waals surface area contributed by atoms with Gasteiger partial charge in [0.15, 0.2) is 11.7 Å². The number of aliphatic imine (C=N–C) groups is 2. The highest BCUT2D eigenvalue weighted by molar-refractivity contribution is 8.14. The van der Waals surface area contributed by atoms with E-state index >= 15 is 0 Å². The second-order valence-corrected chi connectivity index (χ2v) is 8.54. The summed E-state index contributed by atoms with van der Waals surface area (Å²) in [7, 11) is 0. The summed E-state index contributed by atoms with van der Waals surface area (Å²) < 4.78 is 6.52. The summed E-state index contributed by atoms with van der Waals surface area (Å²) in [4.78, 5) is 23.0. The standard InChI is InChI=1S/C22H17Cl2N5O3S/c1-2-28-12-20(32-27-28)26-19(30)13-33-22-25-18(10-14-8-9-15(23)11-17(14)24)21(31)29(22)16-6-4-3-5-7-16/h3-12H,2,13H2,1H3/b18-10+. The first kappa shape index (κ1) is 23.0. The van der Waals surface area contributed by atoms with Crippen LogP contribution < -0.4 is 14.7 Å². The average molecular weight is 502 g/mol. The van der Waals surface area contributed by atoms with Crippen molar-refractivity contribution >= 4 is 69.6 Å². The number of halogens is 2. The molecule has 0 unspecified atom stereocenters. The predicted octanol–water partition coefficient (Wildman–Crippen LogP) is 3.86. The fourth-order valence-electron chi connectivity index (χ4n) is 2.91. The van der Waals surface area contributed by atoms with Gasteiger partial charge in [0.1, 0.15) is 5.70 Å². The number of para-hydroxylation sites is 1. The van der Waals surface area contributed by atoms with Gasteiger partial charge in [0.2, 0.25) is 5.27 Å². The Morgan fingerprint density at radius 2 is 2.06 bits per heavy atom. The molecule has 1 aliphatic heterocycles. The maximum atomic E-state index is 13.2. The molecule has 0 bridgehead atoms. The molecular weight excluding hydrogens is 485 g/mol. The van der Waals surface area contributed by atoms with Crippen LogP contribution in [0.1, 0.15) is 12.5 Å². The number of nitrogens with zero attached hydrogens (tertiary/aromatic N) is 5. The van der Waals surface area contributed by atoms with Crippen LogP contribution in [0.15, 0.2) is 74.9 Å². The van der Waals surface area contributed by atoms with Gasteiger partial charge < -0.3 is 5.11 Å². The number of carbonyl (C=O) groups excluding carboxylic acids is 1. The van der Waals surface area contributed by atoms with Crippen molar-refractivity contribution in [1.29, 1.82) is 0 Å². The van der Waals surface area contributed by atoms with Gasteiger partial charge >= 0.3 is 5.88 Å². The molecule has 0 atom stereocenters. The molecule has 8 nitrogen and oxygen atoms in total. The number of amidine groups is 1. The normalized spacial score (nSPS) is 15.4. The topological polar surface area (TPSA) is 98.0 Å². The molecule has 2 heterocycles. The number of hydrogen-bond acceptors (Lipinski definition) is 7. The number of rotatable bonds is 6. The first-order chi connectivity index (χ1) is 15.9. The van der Waals surface area contributed by atoms with E-state index in [4.69, 9.17) is 27.7 Å². The van der Waals surface area contributed by atoms with Gasteiger partial charge in [-0.05, 0) is 48.7 Å². The zero-order valence-electron chi connectivity index (χ0n) is 17.3. The Morgan fingerprint density at radius 3 is 2.76 bits per heavy atom. The van der Waals surface area contributed by atoms with Gasteiger partial charge in [-0.15, -0.1) is 0 Å². The molecular formula is C22H17Cl2N5O3S. The molecule has 0 spiro atoms. The average Bonchev–Trinajstić information content (AvgIpc) is 3.38. The first-order valence-corrected chi connectivity index (χ1v) is 11.6. The van der Waals surface area contributed by atoms with Gasteiger partial charge in [-0.3, -0.25) is 14.2 Å². The van der Waals surface area contributed by atoms with Crippen LogP contribution in [0.2, 0.25) is 10.0 Å². The fraction of sp³-hybridized carbons (Fsp3) is 0.136. The Bertz CT molecular complexity index is 1270. The van der Waals surface area contributed by atoms with Crippen molar-refractivity contribution in [2.45, 2.75) is 13.5 Å². The van der Waals surface area contributed by atoms with Crippen LogP contribution in [-0.2, 0) is 11.3 Å². The molecule has 0 fully saturated rings. The van der Waals surface area contributed by atoms with E-state index in [0.29, 0.717) is 33.0 Å². The number of amides is 1. The Kier molecular flexibility index (Phi) is 7.12. The molecule has 11 heteroatoms. The largest absolute Gasteiger partial charge is 0.861 e. The van der Waals surface area contributed by atoms with Crippen LogP contribution in [0, 0.1) is 0 Å². The zero-order valence-corrected chi connectivity index (χ0v) is 19.6. The SMILES string of the molecule is CC[n+]1cc(/N=C(/[O-])CSC2=N/C(=C/c3ccc(Cl)cc3Cl)C(=O)N2c2ccccc2)on1. The lowest BCUT2D eigenvalue weighted by Crippen LogP contribution is -2.32. The summed E-state index contributed by atoms with van der Waals surface area (Å²) in [5.74, 6) is -0.708. The maximum Gasteiger partial charge on any atom is 0.320 e. The number of aryl methyl sites for hydroxylation is 1. The third-order valence-corrected chi connectivity index (χ3v) is 5.97. The molecule has 3 aromatic rings. The highest BCUT2D eigenvalue weighted by atomic mass is 35.5. The van der Waals surface area contributed by atoms with Gasteiger partial charge in [0, 0.05) is 15.8 Å². The monoisotopic (exact) mass is 501 g/mol. The number of carbonyl (C=O) groups is 1. The number of benzene rings is 2. The molecule has 4 rings (SSSR count). The maximum absolute atomic E-state index is 13.2. The van der Waals surface area contributed by atoms with Crippen molar-refractivity contribution in [3.8, 4) is 0 Å². The van der Waals surface area contributed by atoms with Gasteiger partial charge in [-0.1, -0.05) is 63.9 Å². The number of thioether (sulfide) groups is 1. The molecule has 33 heavy (non-hydrogen) atoms. The molecule has 168 valence electrons. The summed E-state index contributed by atoms with van der Waals surface area (Å²) in [5, 5.41) is 17.3. The van der Waals surface area contributed by atoms with Crippen LogP contribution in [0.5, 0.6) is 0 Å². The third-order valence-electron chi connectivity index (χ3n) is 4.48. The quantitative estimate of drug-likeness (QED) is 0.221. The van der Waals surface area contributed by atoms with Crippen molar-refractivity contribution in [2.75, 3.05) is 10.7 Å². The second-order valence-electron chi connectivity index (χ2n) is 6.76. The fourth-order valence-corrected chi connectivity index (χ4v) is 4.17. The molecule has 1 aromatic heterocycles. The molecule has 0 saturated carbocycles. The minimum Gasteiger partial charge on any atom is -0.861 e. The van der Waals surface area contributed by atoms with Crippen LogP contribution in [0.3, 0.4) is 0 Å². The van der Waals surface area contributed by atoms with Crippen molar-refractivity contribution in [2.24, 2.45) is 9.98 Å². The van der Waals surface area contributed by atoms with E-state index < -0.39 is 5.90 Å². The Morgan fingerprint density at radius 1 is 1.27 bits per heavy atom. The molecule has 1 aliphatic rings. The lowest BCUT2D eigenvalue weighted by Gasteiger charge is -2.18. The van der Waals surface area contributed by atoms with Crippen LogP contribution in [0.4, 0.5) is 11.6 Å². The molecule has 0 N–H and O–H groups in total. The molecule has 1 amide bonds. The van der Waals surface area contributed by atoms with Crippen molar-refractivity contribution < 1.29 is 19.1 Å². The molecule has 0 aliphatic carbocycles. The summed E-state index contributed by atoms with van der Waals surface area (Å²) in [6.07, 6.45) is 3.13. The minimum atomic E-state index is -0.444. The summed E-state index contributed by atoms with van der Waals surface area (Å²) in [6.45, 7) is 2.49. The highest BCUT2D eigenvalue weighted by Crippen LogP contribution is 2.31. The minimum absolute atomic E-state index is 0.0444. The first-order valence-electron chi connectivity index (χ1n) is 9.83. The van der Waals surface area contributed by atoms with Gasteiger partial charge in [-0.25, -0.2) is 9.98 Å². The highest BCUT2D eigenvalue weighted by Gasteiger charge is 2.32. The van der Waals surface area contributed by atoms with Crippen LogP contribution in [0.25, 0.3) is 6.08 Å². The second kappa shape index (κ2) is 10.2. The third kappa shape index (κ3) is 5.44. The predicted molar refractivity (Wildman–Crippen MR) is 128 cm³/mol. The van der Waals surface area contributed by atoms with E-state index in [-0.39, 0.29) is 23.2 Å². The van der Waals surface area contributed by atoms with Crippen molar-refractivity contribution in [3.63, 3.8) is 0 Å². The Hall–Kier alpha value is -3.14. The van der Waals surface area contributed by atoms with Crippen molar-refractivity contribution in [3.05, 3.63) is 76.0 Å². The molecule has 0 saturated heterocycles. The van der Waals surface area contributed by atoms with E-state index in [1.807, 2.05) is 25.1 Å². The van der Waals surface area contributed by atoms with E-state index in [1.54, 1.807) is 36.4 Å². The van der Waals surface area contributed by atoms with E-state index in [1.165, 1.54) is 15.8 Å². The van der Waals surface area contributed by atoms with Crippen LogP contribution >= 0.6 is 35.0 Å². The number of aromatic nitrogens is 2. The number of anilines is 1. The number of hydrogen-bond donors (Lipinski definition) is 0. The molecule has 0 radical (unpaired) electrons. The molecule has 2 aromatic carbocycles. The van der Waals surface area contributed by atoms with Crippen molar-refractivity contribution in [1.82, 2.24) is 5.27 Å². The zero-order chi connectivity index (χ0) is 23.4. The van der Waals surface area contributed by atoms with E-state index in [9.17, 15) is 9.90 Å². The lowest BCUT2D eigenvalue weighted by atomic mass is 10.2. The summed E-state index contributed by atoms with van der Waals surface area (Å²) >= 11 is 13.3. The van der Waals surface area contributed by atoms with E-state index in [2.05, 4.69) is 15.3 Å². The Labute approximate surface area is 203 Å². The van der Waals surface area contributed by atoms with Crippen LogP contribution in [-0.4, -0.2) is 28.0 Å². The smallest absolute Gasteiger partial charge is 0.320 e. The van der Waals surface area contributed by atoms with E-state index in [0.717, 1.165) is 11.8 Å². The van der Waals surface area contributed by atoms with Gasteiger partial charge in [-0.2, -0.15) is 0 Å². The Balaban J connectivity index is 1.61. The summed E-state index contributed by atoms with van der Waals surface area (Å²) in [6, 6.07) is 14.0.